The molecule has 30 heavy (non-hydrogen) atoms. The number of rotatable bonds is 5. The molecule has 0 aliphatic carbocycles. The van der Waals surface area contributed by atoms with E-state index in [1.165, 1.54) is 6.20 Å². The number of aromatic nitrogens is 1. The summed E-state index contributed by atoms with van der Waals surface area (Å²) in [7, 11) is -3.74. The van der Waals surface area contributed by atoms with Gasteiger partial charge >= 0.3 is 5.97 Å². The molecule has 1 aliphatic heterocycles. The molecule has 156 valence electrons. The van der Waals surface area contributed by atoms with E-state index in [-0.39, 0.29) is 21.7 Å². The number of piperidine rings is 1. The van der Waals surface area contributed by atoms with E-state index >= 15 is 0 Å². The zero-order valence-electron chi connectivity index (χ0n) is 16.8. The number of anilines is 1. The standard InChI is InChI=1S/C23H24N2O4S/c1-2-29-23(26)17-12-14-25(15-13-17)22-19-10-6-7-11-20(19)24-16-21(22)30(27,28)18-8-4-3-5-9-18/h3-11,16-17H,2,12-15H2,1H3. The number of carbonyl (C=O) groups is 1. The van der Waals surface area contributed by atoms with Crippen LogP contribution in [0.3, 0.4) is 0 Å². The van der Waals surface area contributed by atoms with E-state index in [9.17, 15) is 13.2 Å². The van der Waals surface area contributed by atoms with E-state index in [1.54, 1.807) is 37.3 Å². The summed E-state index contributed by atoms with van der Waals surface area (Å²) in [4.78, 5) is 19.0. The van der Waals surface area contributed by atoms with Crippen molar-refractivity contribution in [2.45, 2.75) is 29.6 Å². The maximum Gasteiger partial charge on any atom is 0.309 e. The number of para-hydroxylation sites is 1. The summed E-state index contributed by atoms with van der Waals surface area (Å²) < 4.78 is 32.1. The van der Waals surface area contributed by atoms with Gasteiger partial charge in [-0.15, -0.1) is 0 Å². The van der Waals surface area contributed by atoms with Crippen LogP contribution in [-0.2, 0) is 19.4 Å². The third-order valence-electron chi connectivity index (χ3n) is 5.49. The molecule has 0 radical (unpaired) electrons. The first-order valence-corrected chi connectivity index (χ1v) is 11.6. The van der Waals surface area contributed by atoms with Gasteiger partial charge in [-0.05, 0) is 38.0 Å². The highest BCUT2D eigenvalue weighted by atomic mass is 32.2. The van der Waals surface area contributed by atoms with Gasteiger partial charge in [-0.1, -0.05) is 36.4 Å². The SMILES string of the molecule is CCOC(=O)C1CCN(c2c(S(=O)(=O)c3ccccc3)cnc3ccccc23)CC1. The van der Waals surface area contributed by atoms with Gasteiger partial charge in [0.05, 0.1) is 28.6 Å². The summed E-state index contributed by atoms with van der Waals surface area (Å²) >= 11 is 0. The summed E-state index contributed by atoms with van der Waals surface area (Å²) in [5.74, 6) is -0.322. The van der Waals surface area contributed by atoms with Gasteiger partial charge in [0.25, 0.3) is 0 Å². The third kappa shape index (κ3) is 3.77. The summed E-state index contributed by atoms with van der Waals surface area (Å²) in [5.41, 5.74) is 1.40. The van der Waals surface area contributed by atoms with Gasteiger partial charge < -0.3 is 9.64 Å². The first-order chi connectivity index (χ1) is 14.5. The molecule has 0 unspecified atom stereocenters. The number of pyridine rings is 1. The first kappa shape index (κ1) is 20.3. The Kier molecular flexibility index (Phi) is 5.72. The summed E-state index contributed by atoms with van der Waals surface area (Å²) in [5, 5.41) is 0.795. The molecule has 0 atom stereocenters. The Bertz CT molecular complexity index is 1150. The number of hydrogen-bond acceptors (Lipinski definition) is 6. The minimum absolute atomic E-state index is 0.150. The van der Waals surface area contributed by atoms with E-state index < -0.39 is 9.84 Å². The Morgan fingerprint density at radius 3 is 2.43 bits per heavy atom. The van der Waals surface area contributed by atoms with Crippen molar-refractivity contribution in [3.8, 4) is 0 Å². The van der Waals surface area contributed by atoms with E-state index in [4.69, 9.17) is 4.74 Å². The largest absolute Gasteiger partial charge is 0.466 e. The number of ether oxygens (including phenoxy) is 1. The number of fused-ring (bicyclic) bond motifs is 1. The number of esters is 1. The highest BCUT2D eigenvalue weighted by Crippen LogP contribution is 2.37. The van der Waals surface area contributed by atoms with Crippen LogP contribution < -0.4 is 4.90 Å². The van der Waals surface area contributed by atoms with Crippen LogP contribution in [0, 0.1) is 5.92 Å². The average molecular weight is 425 g/mol. The van der Waals surface area contributed by atoms with Gasteiger partial charge in [-0.3, -0.25) is 9.78 Å². The molecular weight excluding hydrogens is 400 g/mol. The molecule has 6 nitrogen and oxygen atoms in total. The van der Waals surface area contributed by atoms with Crippen molar-refractivity contribution in [2.24, 2.45) is 5.92 Å². The van der Waals surface area contributed by atoms with Crippen LogP contribution >= 0.6 is 0 Å². The fraction of sp³-hybridized carbons (Fsp3) is 0.304. The number of carbonyl (C=O) groups excluding carboxylic acids is 1. The molecule has 0 N–H and O–H groups in total. The highest BCUT2D eigenvalue weighted by molar-refractivity contribution is 7.91. The van der Waals surface area contributed by atoms with E-state index in [0.717, 1.165) is 10.9 Å². The normalized spacial score (nSPS) is 15.3. The van der Waals surface area contributed by atoms with E-state index in [1.807, 2.05) is 24.3 Å². The fourth-order valence-corrected chi connectivity index (χ4v) is 5.41. The van der Waals surface area contributed by atoms with Crippen molar-refractivity contribution in [3.63, 3.8) is 0 Å². The molecule has 0 amide bonds. The smallest absolute Gasteiger partial charge is 0.309 e. The number of hydrogen-bond donors (Lipinski definition) is 0. The topological polar surface area (TPSA) is 76.6 Å². The van der Waals surface area contributed by atoms with Crippen LogP contribution in [0.4, 0.5) is 5.69 Å². The predicted octanol–water partition coefficient (Wildman–Crippen LogP) is 3.85. The highest BCUT2D eigenvalue weighted by Gasteiger charge is 2.31. The van der Waals surface area contributed by atoms with Gasteiger partial charge in [-0.25, -0.2) is 8.42 Å². The van der Waals surface area contributed by atoms with Gasteiger partial charge in [0.15, 0.2) is 0 Å². The molecule has 0 bridgehead atoms. The van der Waals surface area contributed by atoms with Crippen LogP contribution in [-0.4, -0.2) is 39.1 Å². The van der Waals surface area contributed by atoms with Crippen molar-refractivity contribution in [1.82, 2.24) is 4.98 Å². The Balaban J connectivity index is 1.77. The summed E-state index contributed by atoms with van der Waals surface area (Å²) in [6.07, 6.45) is 2.71. The third-order valence-corrected chi connectivity index (χ3v) is 7.26. The molecule has 3 aromatic rings. The maximum atomic E-state index is 13.5. The van der Waals surface area contributed by atoms with Crippen LogP contribution in [0.25, 0.3) is 10.9 Å². The monoisotopic (exact) mass is 424 g/mol. The van der Waals surface area contributed by atoms with Gasteiger partial charge in [0, 0.05) is 24.7 Å². The van der Waals surface area contributed by atoms with Crippen LogP contribution in [0.2, 0.25) is 0 Å². The Labute approximate surface area is 176 Å². The van der Waals surface area contributed by atoms with Gasteiger partial charge in [0.1, 0.15) is 4.90 Å². The number of sulfone groups is 1. The second-order valence-electron chi connectivity index (χ2n) is 7.32. The predicted molar refractivity (Wildman–Crippen MR) is 115 cm³/mol. The minimum Gasteiger partial charge on any atom is -0.466 e. The Morgan fingerprint density at radius 2 is 1.73 bits per heavy atom. The minimum atomic E-state index is -3.74. The zero-order valence-corrected chi connectivity index (χ0v) is 17.6. The molecule has 4 rings (SSSR count). The lowest BCUT2D eigenvalue weighted by molar-refractivity contribution is -0.148. The molecule has 2 heterocycles. The van der Waals surface area contributed by atoms with Crippen LogP contribution in [0.1, 0.15) is 19.8 Å². The second kappa shape index (κ2) is 8.44. The maximum absolute atomic E-state index is 13.5. The van der Waals surface area contributed by atoms with Crippen LogP contribution in [0.15, 0.2) is 70.6 Å². The molecule has 2 aromatic carbocycles. The molecule has 1 saturated heterocycles. The molecular formula is C23H24N2O4S. The Morgan fingerprint density at radius 1 is 1.07 bits per heavy atom. The fourth-order valence-electron chi connectivity index (χ4n) is 3.96. The lowest BCUT2D eigenvalue weighted by Crippen LogP contribution is -2.37. The van der Waals surface area contributed by atoms with E-state index in [2.05, 4.69) is 9.88 Å². The summed E-state index contributed by atoms with van der Waals surface area (Å²) in [6, 6.07) is 16.0. The second-order valence-corrected chi connectivity index (χ2v) is 9.24. The Hall–Kier alpha value is -2.93. The molecule has 1 fully saturated rings. The molecule has 0 saturated carbocycles. The number of benzene rings is 2. The van der Waals surface area contributed by atoms with Crippen molar-refractivity contribution in [1.29, 1.82) is 0 Å². The van der Waals surface area contributed by atoms with Gasteiger partial charge in [-0.2, -0.15) is 0 Å². The molecule has 0 spiro atoms. The molecule has 7 heteroatoms. The van der Waals surface area contributed by atoms with Crippen molar-refractivity contribution < 1.29 is 17.9 Å². The van der Waals surface area contributed by atoms with Crippen molar-refractivity contribution >= 4 is 32.4 Å². The zero-order chi connectivity index (χ0) is 21.1. The van der Waals surface area contributed by atoms with Crippen molar-refractivity contribution in [3.05, 3.63) is 60.8 Å². The lowest BCUT2D eigenvalue weighted by Gasteiger charge is -2.34. The number of nitrogens with zero attached hydrogens (tertiary/aromatic N) is 2. The van der Waals surface area contributed by atoms with Gasteiger partial charge in [0.2, 0.25) is 9.84 Å². The van der Waals surface area contributed by atoms with E-state index in [0.29, 0.717) is 38.2 Å². The first-order valence-electron chi connectivity index (χ1n) is 10.1. The summed E-state index contributed by atoms with van der Waals surface area (Å²) in [6.45, 7) is 3.33. The average Bonchev–Trinajstić information content (AvgIpc) is 2.79. The van der Waals surface area contributed by atoms with Crippen LogP contribution in [0.5, 0.6) is 0 Å². The lowest BCUT2D eigenvalue weighted by atomic mass is 9.96. The molecule has 1 aliphatic rings. The molecule has 1 aromatic heterocycles. The van der Waals surface area contributed by atoms with Crippen molar-refractivity contribution in [2.75, 3.05) is 24.6 Å². The quantitative estimate of drug-likeness (QED) is 0.579.